The monoisotopic (exact) mass is 306 g/mol. The van der Waals surface area contributed by atoms with E-state index in [9.17, 15) is 4.79 Å². The second kappa shape index (κ2) is 6.50. The lowest BCUT2D eigenvalue weighted by molar-refractivity contribution is 0.0954. The molecule has 1 aromatic rings. The molecule has 2 rings (SSSR count). The van der Waals surface area contributed by atoms with Gasteiger partial charge in [0.1, 0.15) is 0 Å². The topological polar surface area (TPSA) is 41.5 Å². The fourth-order valence-corrected chi connectivity index (χ4v) is 2.32. The minimum atomic E-state index is -0.190. The van der Waals surface area contributed by atoms with Crippen molar-refractivity contribution in [3.8, 4) is 0 Å². The van der Waals surface area contributed by atoms with Gasteiger partial charge in [-0.1, -0.05) is 24.3 Å². The Labute approximate surface area is 115 Å². The van der Waals surface area contributed by atoms with E-state index >= 15 is 0 Å². The first kappa shape index (κ1) is 13.0. The Kier molecular flexibility index (Phi) is 4.70. The molecule has 0 saturated heterocycles. The van der Waals surface area contributed by atoms with Gasteiger partial charge in [0.2, 0.25) is 0 Å². The van der Waals surface area contributed by atoms with E-state index in [4.69, 9.17) is 0 Å². The first-order chi connectivity index (χ1) is 8.77. The van der Waals surface area contributed by atoms with Gasteiger partial charge in [0.15, 0.2) is 0 Å². The van der Waals surface area contributed by atoms with Crippen molar-refractivity contribution < 1.29 is 4.79 Å². The Morgan fingerprint density at radius 1 is 1.39 bits per heavy atom. The summed E-state index contributed by atoms with van der Waals surface area (Å²) in [7, 11) is 0. The van der Waals surface area contributed by atoms with Crippen molar-refractivity contribution >= 4 is 28.1 Å². The van der Waals surface area contributed by atoms with Crippen LogP contribution in [-0.4, -0.2) is 12.1 Å². The average Bonchev–Trinajstić information content (AvgIpc) is 2.40. The van der Waals surface area contributed by atoms with Gasteiger partial charge in [-0.05, 0) is 53.2 Å². The molecule has 0 aliphatic heterocycles. The van der Waals surface area contributed by atoms with E-state index in [1.807, 2.05) is 24.4 Å². The molecule has 1 unspecified atom stereocenters. The van der Waals surface area contributed by atoms with Crippen LogP contribution in [0.25, 0.3) is 0 Å². The van der Waals surface area contributed by atoms with Crippen LogP contribution in [0.4, 0.5) is 0 Å². The van der Waals surface area contributed by atoms with Crippen molar-refractivity contribution in [2.45, 2.75) is 19.3 Å². The summed E-state index contributed by atoms with van der Waals surface area (Å²) in [5, 5.41) is 4.03. The molecule has 1 amide bonds. The van der Waals surface area contributed by atoms with Crippen LogP contribution < -0.4 is 5.43 Å². The molecule has 0 aromatic heterocycles. The quantitative estimate of drug-likeness (QED) is 0.518. The standard InChI is InChI=1S/C14H15BrN2O/c15-13-9-5-4-8-12(13)14(18)17-16-10-11-6-2-1-3-7-11/h1-2,4-5,8-11H,3,6-7H2,(H,17,18). The highest BCUT2D eigenvalue weighted by Gasteiger charge is 2.09. The second-order valence-corrected chi connectivity index (χ2v) is 5.10. The molecule has 1 aliphatic rings. The number of hydrazone groups is 1. The average molecular weight is 307 g/mol. The van der Waals surface area contributed by atoms with Crippen molar-refractivity contribution in [3.63, 3.8) is 0 Å². The maximum atomic E-state index is 11.8. The molecular formula is C14H15BrN2O. The van der Waals surface area contributed by atoms with E-state index < -0.39 is 0 Å². The molecule has 0 bridgehead atoms. The zero-order valence-electron chi connectivity index (χ0n) is 9.97. The van der Waals surface area contributed by atoms with Crippen LogP contribution in [0.2, 0.25) is 0 Å². The Bertz CT molecular complexity index is 482. The van der Waals surface area contributed by atoms with Gasteiger partial charge in [-0.25, -0.2) is 5.43 Å². The smallest absolute Gasteiger partial charge is 0.267 e. The first-order valence-electron chi connectivity index (χ1n) is 6.00. The Morgan fingerprint density at radius 2 is 2.22 bits per heavy atom. The minimum Gasteiger partial charge on any atom is -0.267 e. The second-order valence-electron chi connectivity index (χ2n) is 4.24. The van der Waals surface area contributed by atoms with Gasteiger partial charge < -0.3 is 0 Å². The van der Waals surface area contributed by atoms with E-state index in [1.54, 1.807) is 6.07 Å². The summed E-state index contributed by atoms with van der Waals surface area (Å²) in [6.45, 7) is 0. The first-order valence-corrected chi connectivity index (χ1v) is 6.79. The Hall–Kier alpha value is -1.42. The number of nitrogens with one attached hydrogen (secondary N) is 1. The van der Waals surface area contributed by atoms with E-state index in [0.717, 1.165) is 23.7 Å². The molecule has 1 atom stereocenters. The Balaban J connectivity index is 1.90. The van der Waals surface area contributed by atoms with Crippen LogP contribution in [0.5, 0.6) is 0 Å². The third-order valence-corrected chi connectivity index (χ3v) is 3.57. The number of rotatable bonds is 3. The zero-order chi connectivity index (χ0) is 12.8. The predicted octanol–water partition coefficient (Wildman–Crippen LogP) is 3.52. The summed E-state index contributed by atoms with van der Waals surface area (Å²) in [6.07, 6.45) is 9.38. The summed E-state index contributed by atoms with van der Waals surface area (Å²) in [5.41, 5.74) is 3.16. The number of carbonyl (C=O) groups excluding carboxylic acids is 1. The molecule has 1 aliphatic carbocycles. The SMILES string of the molecule is O=C(NN=CC1CC=CCC1)c1ccccc1Br. The lowest BCUT2D eigenvalue weighted by atomic mass is 9.96. The molecule has 4 heteroatoms. The van der Waals surface area contributed by atoms with Crippen molar-refractivity contribution in [2.24, 2.45) is 11.0 Å². The Morgan fingerprint density at radius 3 is 2.94 bits per heavy atom. The van der Waals surface area contributed by atoms with E-state index in [-0.39, 0.29) is 5.91 Å². The van der Waals surface area contributed by atoms with E-state index in [0.29, 0.717) is 11.5 Å². The van der Waals surface area contributed by atoms with Crippen LogP contribution in [0.1, 0.15) is 29.6 Å². The van der Waals surface area contributed by atoms with E-state index in [1.165, 1.54) is 0 Å². The number of hydrogen-bond acceptors (Lipinski definition) is 2. The minimum absolute atomic E-state index is 0.190. The molecular weight excluding hydrogens is 292 g/mol. The summed E-state index contributed by atoms with van der Waals surface area (Å²) in [6, 6.07) is 7.30. The molecule has 0 heterocycles. The lowest BCUT2D eigenvalue weighted by Gasteiger charge is -2.11. The van der Waals surface area contributed by atoms with Gasteiger partial charge in [-0.2, -0.15) is 5.10 Å². The maximum Gasteiger partial charge on any atom is 0.272 e. The van der Waals surface area contributed by atoms with Crippen LogP contribution >= 0.6 is 15.9 Å². The molecule has 94 valence electrons. The molecule has 0 radical (unpaired) electrons. The molecule has 0 fully saturated rings. The van der Waals surface area contributed by atoms with Gasteiger partial charge in [-0.15, -0.1) is 0 Å². The molecule has 1 aromatic carbocycles. The number of allylic oxidation sites excluding steroid dienone is 2. The maximum absolute atomic E-state index is 11.8. The molecule has 1 N–H and O–H groups in total. The third-order valence-electron chi connectivity index (χ3n) is 2.88. The summed E-state index contributed by atoms with van der Waals surface area (Å²) in [4.78, 5) is 11.8. The van der Waals surface area contributed by atoms with Gasteiger partial charge >= 0.3 is 0 Å². The number of benzene rings is 1. The largest absolute Gasteiger partial charge is 0.272 e. The highest BCUT2D eigenvalue weighted by molar-refractivity contribution is 9.10. The van der Waals surface area contributed by atoms with Crippen molar-refractivity contribution in [1.82, 2.24) is 5.43 Å². The molecule has 0 spiro atoms. The number of carbonyl (C=O) groups is 1. The van der Waals surface area contributed by atoms with Crippen molar-refractivity contribution in [1.29, 1.82) is 0 Å². The lowest BCUT2D eigenvalue weighted by Crippen LogP contribution is -2.19. The summed E-state index contributed by atoms with van der Waals surface area (Å²) in [5.74, 6) is 0.250. The van der Waals surface area contributed by atoms with Gasteiger partial charge in [0, 0.05) is 10.7 Å². The van der Waals surface area contributed by atoms with Gasteiger partial charge in [-0.3, -0.25) is 4.79 Å². The zero-order valence-corrected chi connectivity index (χ0v) is 11.6. The highest BCUT2D eigenvalue weighted by Crippen LogP contribution is 2.16. The normalized spacial score (nSPS) is 19.1. The predicted molar refractivity (Wildman–Crippen MR) is 76.6 cm³/mol. The fourth-order valence-electron chi connectivity index (χ4n) is 1.86. The van der Waals surface area contributed by atoms with Gasteiger partial charge in [0.05, 0.1) is 5.56 Å². The number of amides is 1. The van der Waals surface area contributed by atoms with Crippen LogP contribution in [0.3, 0.4) is 0 Å². The summed E-state index contributed by atoms with van der Waals surface area (Å²) >= 11 is 3.34. The molecule has 3 nitrogen and oxygen atoms in total. The van der Waals surface area contributed by atoms with Crippen molar-refractivity contribution in [2.75, 3.05) is 0 Å². The van der Waals surface area contributed by atoms with Crippen LogP contribution in [-0.2, 0) is 0 Å². The highest BCUT2D eigenvalue weighted by atomic mass is 79.9. The number of hydrogen-bond donors (Lipinski definition) is 1. The fraction of sp³-hybridized carbons (Fsp3) is 0.286. The van der Waals surface area contributed by atoms with Crippen LogP contribution in [0, 0.1) is 5.92 Å². The summed E-state index contributed by atoms with van der Waals surface area (Å²) < 4.78 is 0.776. The van der Waals surface area contributed by atoms with E-state index in [2.05, 4.69) is 38.6 Å². The van der Waals surface area contributed by atoms with Crippen LogP contribution in [0.15, 0.2) is 46.0 Å². The number of nitrogens with zero attached hydrogens (tertiary/aromatic N) is 1. The number of halogens is 1. The molecule has 18 heavy (non-hydrogen) atoms. The third kappa shape index (κ3) is 3.53. The molecule has 0 saturated carbocycles. The van der Waals surface area contributed by atoms with Crippen molar-refractivity contribution in [3.05, 3.63) is 46.5 Å². The van der Waals surface area contributed by atoms with Gasteiger partial charge in [0.25, 0.3) is 5.91 Å².